The average Bonchev–Trinajstić information content (AvgIpc) is 3.51. The summed E-state index contributed by atoms with van der Waals surface area (Å²) in [6, 6.07) is 15.3. The number of piperidine rings is 1. The largest absolute Gasteiger partial charge is 0.496 e. The van der Waals surface area contributed by atoms with Gasteiger partial charge in [-0.15, -0.1) is 9.24 Å². The second-order valence-electron chi connectivity index (χ2n) is 8.75. The van der Waals surface area contributed by atoms with E-state index in [9.17, 15) is 9.59 Å². The van der Waals surface area contributed by atoms with Crippen LogP contribution in [-0.2, 0) is 9.59 Å². The second-order valence-corrected chi connectivity index (χ2v) is 9.38. The Morgan fingerprint density at radius 2 is 1.91 bits per heavy atom. The van der Waals surface area contributed by atoms with E-state index in [2.05, 4.69) is 19.4 Å². The van der Waals surface area contributed by atoms with Crippen LogP contribution in [0.3, 0.4) is 0 Å². The quantitative estimate of drug-likeness (QED) is 0.524. The molecule has 2 aliphatic heterocycles. The first-order valence-corrected chi connectivity index (χ1v) is 12.0. The summed E-state index contributed by atoms with van der Waals surface area (Å²) in [6.45, 7) is 1.68. The molecule has 8 nitrogen and oxygen atoms in total. The molecule has 2 aromatic carbocycles. The standard InChI is InChI=1S/C25H27N4O4P/c1-32-20-8-7-17(13-21(20)34)23-26-24(33-27-23)16-9-11-28(12-10-16)25(31)18-14-22(30)29(15-18)19-5-3-2-4-6-19/h2-8,13,16,18H,9-12,14-15,34H2,1H3. The lowest BCUT2D eigenvalue weighted by Gasteiger charge is -2.32. The van der Waals surface area contributed by atoms with E-state index in [1.54, 1.807) is 12.0 Å². The van der Waals surface area contributed by atoms with Crippen molar-refractivity contribution in [2.24, 2.45) is 5.92 Å². The number of carbonyl (C=O) groups is 2. The second kappa shape index (κ2) is 9.55. The molecule has 34 heavy (non-hydrogen) atoms. The summed E-state index contributed by atoms with van der Waals surface area (Å²) in [4.78, 5) is 33.8. The van der Waals surface area contributed by atoms with Gasteiger partial charge >= 0.3 is 0 Å². The third-order valence-electron chi connectivity index (χ3n) is 6.63. The van der Waals surface area contributed by atoms with Crippen LogP contribution < -0.4 is 14.9 Å². The maximum absolute atomic E-state index is 13.1. The van der Waals surface area contributed by atoms with Crippen molar-refractivity contribution in [3.8, 4) is 17.1 Å². The van der Waals surface area contributed by atoms with E-state index in [1.807, 2.05) is 53.4 Å². The Balaban J connectivity index is 1.19. The van der Waals surface area contributed by atoms with Gasteiger partial charge in [-0.25, -0.2) is 0 Å². The molecule has 2 atom stereocenters. The number of hydrogen-bond acceptors (Lipinski definition) is 6. The maximum atomic E-state index is 13.1. The van der Waals surface area contributed by atoms with Gasteiger partial charge in [0.2, 0.25) is 23.5 Å². The minimum absolute atomic E-state index is 0.00462. The van der Waals surface area contributed by atoms with Crippen LogP contribution >= 0.6 is 9.24 Å². The van der Waals surface area contributed by atoms with E-state index in [-0.39, 0.29) is 30.1 Å². The van der Waals surface area contributed by atoms with Gasteiger partial charge in [0.1, 0.15) is 5.75 Å². The fraction of sp³-hybridized carbons (Fsp3) is 0.360. The predicted molar refractivity (Wildman–Crippen MR) is 131 cm³/mol. The van der Waals surface area contributed by atoms with E-state index in [4.69, 9.17) is 9.26 Å². The molecule has 0 radical (unpaired) electrons. The van der Waals surface area contributed by atoms with Gasteiger partial charge in [-0.2, -0.15) is 4.98 Å². The molecule has 0 saturated carbocycles. The van der Waals surface area contributed by atoms with Crippen molar-refractivity contribution in [3.05, 3.63) is 54.4 Å². The Bertz CT molecular complexity index is 1190. The molecule has 9 heteroatoms. The monoisotopic (exact) mass is 478 g/mol. The summed E-state index contributed by atoms with van der Waals surface area (Å²) in [7, 11) is 4.28. The first kappa shape index (κ1) is 22.5. The van der Waals surface area contributed by atoms with Gasteiger partial charge < -0.3 is 19.1 Å². The zero-order valence-electron chi connectivity index (χ0n) is 19.0. The number of benzene rings is 2. The van der Waals surface area contributed by atoms with Gasteiger partial charge in [-0.3, -0.25) is 9.59 Å². The molecule has 0 aliphatic carbocycles. The van der Waals surface area contributed by atoms with Crippen LogP contribution in [0.25, 0.3) is 11.4 Å². The van der Waals surface area contributed by atoms with Crippen molar-refractivity contribution in [1.82, 2.24) is 15.0 Å². The molecule has 5 rings (SSSR count). The highest BCUT2D eigenvalue weighted by molar-refractivity contribution is 7.27. The van der Waals surface area contributed by atoms with Crippen LogP contribution in [0.2, 0.25) is 0 Å². The number of anilines is 1. The lowest BCUT2D eigenvalue weighted by atomic mass is 9.95. The first-order valence-electron chi connectivity index (χ1n) is 11.4. The van der Waals surface area contributed by atoms with Gasteiger partial charge in [-0.1, -0.05) is 23.4 Å². The Morgan fingerprint density at radius 3 is 2.62 bits per heavy atom. The summed E-state index contributed by atoms with van der Waals surface area (Å²) in [6.07, 6.45) is 1.78. The molecule has 3 aromatic rings. The number of ether oxygens (including phenoxy) is 1. The number of para-hydroxylation sites is 1. The zero-order chi connectivity index (χ0) is 23.7. The van der Waals surface area contributed by atoms with Crippen LogP contribution in [-0.4, -0.2) is 53.6 Å². The van der Waals surface area contributed by atoms with Crippen molar-refractivity contribution in [3.63, 3.8) is 0 Å². The molecule has 2 unspecified atom stereocenters. The summed E-state index contributed by atoms with van der Waals surface area (Å²) >= 11 is 0. The third kappa shape index (κ3) is 4.42. The first-order chi connectivity index (χ1) is 16.5. The minimum atomic E-state index is -0.296. The summed E-state index contributed by atoms with van der Waals surface area (Å²) in [5.41, 5.74) is 1.71. The van der Waals surface area contributed by atoms with Gasteiger partial charge in [-0.05, 0) is 43.2 Å². The molecule has 1 aromatic heterocycles. The lowest BCUT2D eigenvalue weighted by Crippen LogP contribution is -2.42. The number of likely N-dealkylation sites (tertiary alicyclic amines) is 1. The molecular formula is C25H27N4O4P. The molecule has 2 aliphatic rings. The number of rotatable bonds is 5. The van der Waals surface area contributed by atoms with Gasteiger partial charge in [0.15, 0.2) is 0 Å². The van der Waals surface area contributed by atoms with Crippen molar-refractivity contribution >= 4 is 32.0 Å². The Morgan fingerprint density at radius 1 is 1.15 bits per heavy atom. The van der Waals surface area contributed by atoms with Crippen LogP contribution in [0, 0.1) is 5.92 Å². The summed E-state index contributed by atoms with van der Waals surface area (Å²) < 4.78 is 10.9. The maximum Gasteiger partial charge on any atom is 0.230 e. The highest BCUT2D eigenvalue weighted by atomic mass is 31.0. The van der Waals surface area contributed by atoms with Crippen LogP contribution in [0.1, 0.15) is 31.1 Å². The van der Waals surface area contributed by atoms with Crippen LogP contribution in [0.5, 0.6) is 5.75 Å². The van der Waals surface area contributed by atoms with Gasteiger partial charge in [0.05, 0.1) is 13.0 Å². The zero-order valence-corrected chi connectivity index (χ0v) is 20.2. The average molecular weight is 478 g/mol. The number of hydrogen-bond donors (Lipinski definition) is 0. The minimum Gasteiger partial charge on any atom is -0.496 e. The van der Waals surface area contributed by atoms with E-state index >= 15 is 0 Å². The number of carbonyl (C=O) groups excluding carboxylic acids is 2. The molecule has 3 heterocycles. The molecule has 0 spiro atoms. The molecule has 0 bridgehead atoms. The van der Waals surface area contributed by atoms with Crippen LogP contribution in [0.4, 0.5) is 5.69 Å². The fourth-order valence-corrected chi connectivity index (χ4v) is 5.12. The third-order valence-corrected chi connectivity index (χ3v) is 7.08. The predicted octanol–water partition coefficient (Wildman–Crippen LogP) is 3.00. The van der Waals surface area contributed by atoms with E-state index < -0.39 is 0 Å². The molecule has 2 fully saturated rings. The highest BCUT2D eigenvalue weighted by Gasteiger charge is 2.38. The van der Waals surface area contributed by atoms with Crippen molar-refractivity contribution in [2.75, 3.05) is 31.6 Å². The summed E-state index contributed by atoms with van der Waals surface area (Å²) in [5, 5.41) is 5.09. The van der Waals surface area contributed by atoms with Gasteiger partial charge in [0.25, 0.3) is 0 Å². The molecular weight excluding hydrogens is 451 g/mol. The number of nitrogens with zero attached hydrogens (tertiary/aromatic N) is 4. The number of aromatic nitrogens is 2. The van der Waals surface area contributed by atoms with E-state index in [1.165, 1.54) is 0 Å². The number of amides is 2. The van der Waals surface area contributed by atoms with E-state index in [0.717, 1.165) is 35.1 Å². The lowest BCUT2D eigenvalue weighted by molar-refractivity contribution is -0.136. The topological polar surface area (TPSA) is 88.8 Å². The molecule has 0 N–H and O–H groups in total. The van der Waals surface area contributed by atoms with Crippen molar-refractivity contribution in [1.29, 1.82) is 0 Å². The normalized spacial score (nSPS) is 19.0. The molecule has 2 saturated heterocycles. The Hall–Kier alpha value is -3.25. The Labute approximate surface area is 200 Å². The summed E-state index contributed by atoms with van der Waals surface area (Å²) in [5.74, 6) is 1.82. The Kier molecular flexibility index (Phi) is 6.33. The van der Waals surface area contributed by atoms with Crippen LogP contribution in [0.15, 0.2) is 53.1 Å². The molecule has 176 valence electrons. The van der Waals surface area contributed by atoms with E-state index in [0.29, 0.717) is 31.3 Å². The van der Waals surface area contributed by atoms with Crippen molar-refractivity contribution in [2.45, 2.75) is 25.2 Å². The smallest absolute Gasteiger partial charge is 0.230 e. The SMILES string of the molecule is COc1ccc(-c2noc(C3CCN(C(=O)C4CC(=O)N(c5ccccc5)C4)CC3)n2)cc1P. The van der Waals surface area contributed by atoms with Gasteiger partial charge in [0, 0.05) is 48.5 Å². The number of methoxy groups -OCH3 is 1. The van der Waals surface area contributed by atoms with Crippen molar-refractivity contribution < 1.29 is 18.8 Å². The fourth-order valence-electron chi connectivity index (χ4n) is 4.73. The molecule has 2 amide bonds. The highest BCUT2D eigenvalue weighted by Crippen LogP contribution is 2.31.